The van der Waals surface area contributed by atoms with E-state index in [9.17, 15) is 0 Å². The lowest BCUT2D eigenvalue weighted by Gasteiger charge is -2.36. The molecular weight excluding hydrogens is 252 g/mol. The summed E-state index contributed by atoms with van der Waals surface area (Å²) in [5.41, 5.74) is 0.597. The maximum Gasteiger partial charge on any atom is 0.166 e. The number of benzene rings is 1. The summed E-state index contributed by atoms with van der Waals surface area (Å²) in [6.07, 6.45) is -0.212. The molecule has 2 saturated heterocycles. The van der Waals surface area contributed by atoms with E-state index < -0.39 is 0 Å². The molecule has 0 saturated carbocycles. The summed E-state index contributed by atoms with van der Waals surface area (Å²) in [6, 6.07) is 7.83. The molecule has 2 heterocycles. The number of ether oxygens (including phenoxy) is 3. The van der Waals surface area contributed by atoms with Gasteiger partial charge in [-0.1, -0.05) is 37.6 Å². The van der Waals surface area contributed by atoms with E-state index in [0.29, 0.717) is 19.8 Å². The normalized spacial score (nSPS) is 28.6. The van der Waals surface area contributed by atoms with Crippen molar-refractivity contribution in [2.45, 2.75) is 25.7 Å². The average Bonchev–Trinajstić information content (AvgIpc) is 2.98. The Morgan fingerprint density at radius 1 is 1.17 bits per heavy atom. The minimum absolute atomic E-state index is 0.212. The van der Waals surface area contributed by atoms with Crippen LogP contribution in [0.2, 0.25) is 5.02 Å². The van der Waals surface area contributed by atoms with Crippen molar-refractivity contribution in [3.05, 3.63) is 34.9 Å². The van der Waals surface area contributed by atoms with Crippen molar-refractivity contribution in [3.8, 4) is 0 Å². The molecule has 4 heteroatoms. The Bertz CT molecular complexity index is 431. The van der Waals surface area contributed by atoms with E-state index in [1.165, 1.54) is 0 Å². The smallest absolute Gasteiger partial charge is 0.166 e. The molecule has 0 aliphatic carbocycles. The first-order valence-electron chi connectivity index (χ1n) is 6.19. The van der Waals surface area contributed by atoms with Crippen molar-refractivity contribution in [2.24, 2.45) is 5.41 Å². The van der Waals surface area contributed by atoms with Crippen LogP contribution in [-0.4, -0.2) is 26.1 Å². The molecule has 1 aromatic rings. The second kappa shape index (κ2) is 4.20. The molecule has 0 amide bonds. The highest BCUT2D eigenvalue weighted by Gasteiger charge is 2.62. The molecule has 0 aromatic heterocycles. The molecule has 18 heavy (non-hydrogen) atoms. The quantitative estimate of drug-likeness (QED) is 0.790. The molecule has 0 spiro atoms. The van der Waals surface area contributed by atoms with Crippen LogP contribution in [0.5, 0.6) is 0 Å². The number of hydrogen-bond donors (Lipinski definition) is 0. The van der Waals surface area contributed by atoms with Crippen LogP contribution in [0, 0.1) is 5.41 Å². The summed E-state index contributed by atoms with van der Waals surface area (Å²) in [5, 5.41) is 0.737. The molecule has 98 valence electrons. The van der Waals surface area contributed by atoms with Crippen LogP contribution in [0.3, 0.4) is 0 Å². The summed E-state index contributed by atoms with van der Waals surface area (Å²) in [5.74, 6) is 0. The Hall–Kier alpha value is -0.610. The van der Waals surface area contributed by atoms with Crippen molar-refractivity contribution >= 4 is 11.6 Å². The largest absolute Gasteiger partial charge is 0.364 e. The molecule has 3 rings (SSSR count). The van der Waals surface area contributed by atoms with Crippen molar-refractivity contribution in [1.82, 2.24) is 0 Å². The summed E-state index contributed by atoms with van der Waals surface area (Å²) < 4.78 is 17.1. The number of rotatable bonds is 3. The van der Waals surface area contributed by atoms with Gasteiger partial charge >= 0.3 is 0 Å². The van der Waals surface area contributed by atoms with Gasteiger partial charge in [-0.2, -0.15) is 0 Å². The van der Waals surface area contributed by atoms with E-state index in [0.717, 1.165) is 10.6 Å². The summed E-state index contributed by atoms with van der Waals surface area (Å²) in [7, 11) is 0. The first-order valence-corrected chi connectivity index (χ1v) is 6.57. The zero-order valence-electron chi connectivity index (χ0n) is 10.6. The monoisotopic (exact) mass is 268 g/mol. The van der Waals surface area contributed by atoms with E-state index in [1.54, 1.807) is 0 Å². The Morgan fingerprint density at radius 2 is 1.72 bits per heavy atom. The summed E-state index contributed by atoms with van der Waals surface area (Å²) >= 11 is 5.93. The first kappa shape index (κ1) is 12.4. The molecule has 1 unspecified atom stereocenters. The van der Waals surface area contributed by atoms with Crippen LogP contribution in [0.4, 0.5) is 0 Å². The van der Waals surface area contributed by atoms with Gasteiger partial charge < -0.3 is 14.2 Å². The topological polar surface area (TPSA) is 31.0 Å². The van der Waals surface area contributed by atoms with Crippen molar-refractivity contribution in [3.63, 3.8) is 0 Å². The van der Waals surface area contributed by atoms with Crippen LogP contribution >= 0.6 is 11.6 Å². The van der Waals surface area contributed by atoms with E-state index in [-0.39, 0.29) is 17.3 Å². The van der Waals surface area contributed by atoms with Crippen LogP contribution in [0.25, 0.3) is 0 Å². The zero-order valence-corrected chi connectivity index (χ0v) is 11.4. The van der Waals surface area contributed by atoms with Gasteiger partial charge in [0.2, 0.25) is 0 Å². The summed E-state index contributed by atoms with van der Waals surface area (Å²) in [6.45, 7) is 6.27. The van der Waals surface area contributed by atoms with E-state index in [2.05, 4.69) is 13.8 Å². The van der Waals surface area contributed by atoms with Crippen LogP contribution in [0.1, 0.15) is 19.4 Å². The van der Waals surface area contributed by atoms with Crippen LogP contribution in [-0.2, 0) is 19.8 Å². The molecule has 0 radical (unpaired) electrons. The second-order valence-corrected chi connectivity index (χ2v) is 5.85. The Labute approximate surface area is 112 Å². The van der Waals surface area contributed by atoms with Gasteiger partial charge in [0.05, 0.1) is 25.2 Å². The SMILES string of the molecule is CC(C)(C1OCCO1)C1(c2ccc(Cl)cc2)CO1. The van der Waals surface area contributed by atoms with Gasteiger partial charge in [0.1, 0.15) is 5.60 Å². The molecular formula is C14H17ClO3. The van der Waals surface area contributed by atoms with Gasteiger partial charge in [0, 0.05) is 5.02 Å². The molecule has 2 aliphatic heterocycles. The van der Waals surface area contributed by atoms with Gasteiger partial charge in [-0.05, 0) is 17.7 Å². The summed E-state index contributed by atoms with van der Waals surface area (Å²) in [4.78, 5) is 0. The lowest BCUT2D eigenvalue weighted by atomic mass is 9.74. The van der Waals surface area contributed by atoms with E-state index in [4.69, 9.17) is 25.8 Å². The standard InChI is InChI=1S/C14H17ClO3/c1-13(2,12-16-7-8-17-12)14(9-18-14)10-3-5-11(15)6-4-10/h3-6,12H,7-9H2,1-2H3. The zero-order chi connectivity index (χ0) is 12.8. The molecule has 0 N–H and O–H groups in total. The van der Waals surface area contributed by atoms with Crippen LogP contribution < -0.4 is 0 Å². The minimum atomic E-state index is -0.313. The minimum Gasteiger partial charge on any atom is -0.364 e. The maximum atomic E-state index is 5.93. The lowest BCUT2D eigenvalue weighted by Crippen LogP contribution is -2.42. The van der Waals surface area contributed by atoms with Gasteiger partial charge in [-0.3, -0.25) is 0 Å². The fourth-order valence-corrected chi connectivity index (χ4v) is 2.79. The maximum absolute atomic E-state index is 5.93. The average molecular weight is 269 g/mol. The highest BCUT2D eigenvalue weighted by molar-refractivity contribution is 6.30. The van der Waals surface area contributed by atoms with E-state index >= 15 is 0 Å². The van der Waals surface area contributed by atoms with Gasteiger partial charge in [0.25, 0.3) is 0 Å². The van der Waals surface area contributed by atoms with Gasteiger partial charge in [-0.25, -0.2) is 0 Å². The third-order valence-electron chi connectivity index (χ3n) is 4.00. The molecule has 2 fully saturated rings. The highest BCUT2D eigenvalue weighted by atomic mass is 35.5. The predicted octanol–water partition coefficient (Wildman–Crippen LogP) is 2.96. The molecule has 1 atom stereocenters. The molecule has 1 aromatic carbocycles. The lowest BCUT2D eigenvalue weighted by molar-refractivity contribution is -0.148. The first-order chi connectivity index (χ1) is 8.56. The van der Waals surface area contributed by atoms with Crippen molar-refractivity contribution in [2.75, 3.05) is 19.8 Å². The number of halogens is 1. The van der Waals surface area contributed by atoms with Gasteiger partial charge in [0.15, 0.2) is 6.29 Å². The Kier molecular flexibility index (Phi) is 2.90. The Morgan fingerprint density at radius 3 is 2.22 bits per heavy atom. The number of hydrogen-bond acceptors (Lipinski definition) is 3. The Balaban J connectivity index is 1.91. The molecule has 0 bridgehead atoms. The van der Waals surface area contributed by atoms with E-state index in [1.807, 2.05) is 24.3 Å². The third-order valence-corrected chi connectivity index (χ3v) is 4.25. The predicted molar refractivity (Wildman–Crippen MR) is 68.6 cm³/mol. The fraction of sp³-hybridized carbons (Fsp3) is 0.571. The van der Waals surface area contributed by atoms with Crippen molar-refractivity contribution < 1.29 is 14.2 Å². The number of epoxide rings is 1. The molecule has 2 aliphatic rings. The van der Waals surface area contributed by atoms with Crippen molar-refractivity contribution in [1.29, 1.82) is 0 Å². The third kappa shape index (κ3) is 1.77. The van der Waals surface area contributed by atoms with Crippen LogP contribution in [0.15, 0.2) is 24.3 Å². The van der Waals surface area contributed by atoms with Gasteiger partial charge in [-0.15, -0.1) is 0 Å². The fourth-order valence-electron chi connectivity index (χ4n) is 2.67. The molecule has 3 nitrogen and oxygen atoms in total. The second-order valence-electron chi connectivity index (χ2n) is 5.42. The highest BCUT2D eigenvalue weighted by Crippen LogP contribution is 2.55.